The molecule has 29 heavy (non-hydrogen) atoms. The zero-order valence-electron chi connectivity index (χ0n) is 15.2. The van der Waals surface area contributed by atoms with Gasteiger partial charge < -0.3 is 9.15 Å². The van der Waals surface area contributed by atoms with Crippen molar-refractivity contribution in [3.8, 4) is 0 Å². The van der Waals surface area contributed by atoms with Crippen molar-refractivity contribution in [1.82, 2.24) is 4.72 Å². The Balaban J connectivity index is 1.70. The SMILES string of the molecule is Cc1ccc(S(=O)(=O)NCc2ccco2)cc1C(=O)OCC(=O)c1ccc(Br)s1. The number of ether oxygens (including phenoxy) is 1. The minimum atomic E-state index is -3.87. The van der Waals surface area contributed by atoms with E-state index in [0.29, 0.717) is 16.2 Å². The number of hydrogen-bond acceptors (Lipinski definition) is 7. The van der Waals surface area contributed by atoms with Gasteiger partial charge in [-0.15, -0.1) is 11.3 Å². The lowest BCUT2D eigenvalue weighted by molar-refractivity contribution is 0.0475. The summed E-state index contributed by atoms with van der Waals surface area (Å²) in [5.41, 5.74) is 0.609. The van der Waals surface area contributed by atoms with E-state index in [-0.39, 0.29) is 22.8 Å². The number of furan rings is 1. The number of rotatable bonds is 8. The number of sulfonamides is 1. The van der Waals surface area contributed by atoms with Gasteiger partial charge >= 0.3 is 5.97 Å². The number of aryl methyl sites for hydroxylation is 1. The van der Waals surface area contributed by atoms with Gasteiger partial charge in [0.25, 0.3) is 0 Å². The first-order chi connectivity index (χ1) is 13.8. The molecule has 10 heteroatoms. The molecular formula is C19H16BrNO6S2. The maximum Gasteiger partial charge on any atom is 0.338 e. The lowest BCUT2D eigenvalue weighted by atomic mass is 10.1. The summed E-state index contributed by atoms with van der Waals surface area (Å²) in [6.07, 6.45) is 1.44. The molecule has 3 rings (SSSR count). The number of thiophene rings is 1. The first-order valence-corrected chi connectivity index (χ1v) is 11.4. The molecule has 0 aliphatic heterocycles. The van der Waals surface area contributed by atoms with Crippen molar-refractivity contribution < 1.29 is 27.2 Å². The van der Waals surface area contributed by atoms with Gasteiger partial charge in [0.1, 0.15) is 5.76 Å². The molecule has 1 aromatic carbocycles. The molecule has 0 saturated carbocycles. The highest BCUT2D eigenvalue weighted by atomic mass is 79.9. The Morgan fingerprint density at radius 1 is 1.21 bits per heavy atom. The number of Topliss-reactive ketones (excluding diaryl/α,β-unsaturated/α-hetero) is 1. The minimum absolute atomic E-state index is 0.0200. The zero-order chi connectivity index (χ0) is 21.0. The molecule has 0 aliphatic carbocycles. The van der Waals surface area contributed by atoms with E-state index in [9.17, 15) is 18.0 Å². The van der Waals surface area contributed by atoms with Gasteiger partial charge in [0.05, 0.1) is 31.9 Å². The second kappa shape index (κ2) is 9.04. The van der Waals surface area contributed by atoms with Crippen LogP contribution in [0.4, 0.5) is 0 Å². The second-order valence-corrected chi connectivity index (χ2v) is 10.2. The van der Waals surface area contributed by atoms with Gasteiger partial charge in [0.15, 0.2) is 6.61 Å². The maximum absolute atomic E-state index is 12.5. The van der Waals surface area contributed by atoms with Gasteiger partial charge in [-0.2, -0.15) is 0 Å². The Hall–Kier alpha value is -2.27. The molecule has 0 spiro atoms. The van der Waals surface area contributed by atoms with Crippen LogP contribution in [0.3, 0.4) is 0 Å². The summed E-state index contributed by atoms with van der Waals surface area (Å²) in [7, 11) is -3.87. The lowest BCUT2D eigenvalue weighted by Gasteiger charge is -2.10. The van der Waals surface area contributed by atoms with Crippen LogP contribution in [0.15, 0.2) is 61.8 Å². The Morgan fingerprint density at radius 2 is 2.00 bits per heavy atom. The molecule has 0 fully saturated rings. The first kappa shape index (κ1) is 21.4. The third kappa shape index (κ3) is 5.41. The largest absolute Gasteiger partial charge is 0.468 e. The summed E-state index contributed by atoms with van der Waals surface area (Å²) in [6.45, 7) is 1.20. The zero-order valence-corrected chi connectivity index (χ0v) is 18.4. The smallest absolute Gasteiger partial charge is 0.338 e. The van der Waals surface area contributed by atoms with E-state index in [1.54, 1.807) is 31.2 Å². The summed E-state index contributed by atoms with van der Waals surface area (Å²) >= 11 is 4.51. The van der Waals surface area contributed by atoms with E-state index >= 15 is 0 Å². The predicted molar refractivity (Wildman–Crippen MR) is 111 cm³/mol. The van der Waals surface area contributed by atoms with Crippen molar-refractivity contribution in [3.05, 3.63) is 74.3 Å². The molecule has 0 unspecified atom stereocenters. The average Bonchev–Trinajstić information content (AvgIpc) is 3.36. The van der Waals surface area contributed by atoms with Crippen molar-refractivity contribution in [2.24, 2.45) is 0 Å². The third-order valence-corrected chi connectivity index (χ3v) is 7.00. The number of hydrogen-bond donors (Lipinski definition) is 1. The fourth-order valence-electron chi connectivity index (χ4n) is 2.39. The molecular weight excluding hydrogens is 482 g/mol. The number of ketones is 1. The van der Waals surface area contributed by atoms with Gasteiger partial charge in [-0.1, -0.05) is 6.07 Å². The molecule has 1 N–H and O–H groups in total. The monoisotopic (exact) mass is 497 g/mol. The average molecular weight is 498 g/mol. The van der Waals surface area contributed by atoms with Crippen molar-refractivity contribution in [3.63, 3.8) is 0 Å². The Morgan fingerprint density at radius 3 is 2.66 bits per heavy atom. The normalized spacial score (nSPS) is 11.4. The second-order valence-electron chi connectivity index (χ2n) is 5.98. The van der Waals surface area contributed by atoms with Crippen LogP contribution < -0.4 is 4.72 Å². The highest BCUT2D eigenvalue weighted by Crippen LogP contribution is 2.23. The number of nitrogens with one attached hydrogen (secondary N) is 1. The number of carbonyl (C=O) groups excluding carboxylic acids is 2. The molecule has 0 bridgehead atoms. The van der Waals surface area contributed by atoms with E-state index < -0.39 is 22.6 Å². The number of carbonyl (C=O) groups is 2. The van der Waals surface area contributed by atoms with Crippen LogP contribution >= 0.6 is 27.3 Å². The topological polar surface area (TPSA) is 103 Å². The van der Waals surface area contributed by atoms with Gasteiger partial charge in [0.2, 0.25) is 15.8 Å². The lowest BCUT2D eigenvalue weighted by Crippen LogP contribution is -2.23. The van der Waals surface area contributed by atoms with Crippen LogP contribution in [0.5, 0.6) is 0 Å². The number of benzene rings is 1. The predicted octanol–water partition coefficient (Wildman–Crippen LogP) is 3.93. The van der Waals surface area contributed by atoms with Crippen molar-refractivity contribution >= 4 is 49.0 Å². The summed E-state index contributed by atoms with van der Waals surface area (Å²) in [5, 5.41) is 0. The molecule has 3 aromatic rings. The molecule has 152 valence electrons. The van der Waals surface area contributed by atoms with Gasteiger partial charge in [-0.3, -0.25) is 4.79 Å². The quantitative estimate of drug-likeness (QED) is 0.373. The molecule has 0 aliphatic rings. The minimum Gasteiger partial charge on any atom is -0.468 e. The highest BCUT2D eigenvalue weighted by molar-refractivity contribution is 9.11. The molecule has 0 radical (unpaired) electrons. The molecule has 2 heterocycles. The fraction of sp³-hybridized carbons (Fsp3) is 0.158. The summed E-state index contributed by atoms with van der Waals surface area (Å²) in [4.78, 5) is 24.9. The maximum atomic E-state index is 12.5. The van der Waals surface area contributed by atoms with E-state index in [1.807, 2.05) is 0 Å². The fourth-order valence-corrected chi connectivity index (χ4v) is 4.72. The standard InChI is InChI=1S/C19H16BrNO6S2/c1-12-4-5-14(29(24,25)21-10-13-3-2-8-26-13)9-15(12)19(23)27-11-16(22)17-6-7-18(20)28-17/h2-9,21H,10-11H2,1H3. The molecule has 0 amide bonds. The Kier molecular flexibility index (Phi) is 6.68. The van der Waals surface area contributed by atoms with Gasteiger partial charge in [-0.25, -0.2) is 17.9 Å². The molecule has 0 saturated heterocycles. The highest BCUT2D eigenvalue weighted by Gasteiger charge is 2.20. The van der Waals surface area contributed by atoms with Crippen LogP contribution in [0, 0.1) is 6.92 Å². The Bertz CT molecular complexity index is 1140. The number of halogens is 1. The summed E-state index contributed by atoms with van der Waals surface area (Å²) in [5.74, 6) is -0.649. The molecule has 0 atom stereocenters. The van der Waals surface area contributed by atoms with Gasteiger partial charge in [-0.05, 0) is 64.8 Å². The Labute approximate surface area is 179 Å². The van der Waals surface area contributed by atoms with E-state index in [0.717, 1.165) is 3.79 Å². The first-order valence-electron chi connectivity index (χ1n) is 8.34. The molecule has 2 aromatic heterocycles. The van der Waals surface area contributed by atoms with Crippen LogP contribution in [0.2, 0.25) is 0 Å². The third-order valence-electron chi connectivity index (χ3n) is 3.94. The van der Waals surface area contributed by atoms with Crippen LogP contribution in [0.1, 0.15) is 31.4 Å². The van der Waals surface area contributed by atoms with E-state index in [4.69, 9.17) is 9.15 Å². The van der Waals surface area contributed by atoms with Crippen molar-refractivity contribution in [2.45, 2.75) is 18.4 Å². The number of esters is 1. The van der Waals surface area contributed by atoms with Crippen molar-refractivity contribution in [2.75, 3.05) is 6.61 Å². The van der Waals surface area contributed by atoms with Gasteiger partial charge in [0, 0.05) is 0 Å². The summed E-state index contributed by atoms with van der Waals surface area (Å²) < 4.78 is 38.4. The van der Waals surface area contributed by atoms with E-state index in [2.05, 4.69) is 20.7 Å². The van der Waals surface area contributed by atoms with Crippen LogP contribution in [-0.2, 0) is 21.3 Å². The summed E-state index contributed by atoms with van der Waals surface area (Å²) in [6, 6.07) is 10.8. The molecule has 7 nitrogen and oxygen atoms in total. The van der Waals surface area contributed by atoms with Crippen LogP contribution in [-0.4, -0.2) is 26.8 Å². The van der Waals surface area contributed by atoms with Crippen LogP contribution in [0.25, 0.3) is 0 Å². The van der Waals surface area contributed by atoms with Crippen molar-refractivity contribution in [1.29, 1.82) is 0 Å². The van der Waals surface area contributed by atoms with E-state index in [1.165, 1.54) is 35.8 Å².